The number of allylic oxidation sites excluding steroid dienone is 2. The monoisotopic (exact) mass is 487 g/mol. The number of nitrogens with two attached hydrogens (primary N) is 1. The van der Waals surface area contributed by atoms with E-state index in [0.717, 1.165) is 11.1 Å². The van der Waals surface area contributed by atoms with Crippen molar-refractivity contribution < 1.29 is 37.3 Å². The number of hydrogen-bond donors (Lipinski definition) is 3. The molecule has 0 aliphatic heterocycles. The highest BCUT2D eigenvalue weighted by Crippen LogP contribution is 2.40. The summed E-state index contributed by atoms with van der Waals surface area (Å²) in [5, 5.41) is 19.4. The Morgan fingerprint density at radius 3 is 2.46 bits per heavy atom. The normalized spacial score (nSPS) is 13.3. The molecular weight excluding hydrogens is 463 g/mol. The van der Waals surface area contributed by atoms with E-state index in [-0.39, 0.29) is 22.5 Å². The number of furan rings is 1. The highest BCUT2D eigenvalue weighted by Gasteiger charge is 2.43. The topological polar surface area (TPSA) is 106 Å². The van der Waals surface area contributed by atoms with Gasteiger partial charge in [-0.25, -0.2) is 0 Å². The standard InChI is InChI=1S/C26H24F3NO5/c1-3-16(12-23(31)32)21(4-2)34-14-20-19-11-18(17-7-5-6-15(10-17)13-30)8-9-22(19)35-24(20)25(33)26(27,28)29/h3-11,25,33H,1-2,12-14,30H2,(H,31,32)/b21-16-. The molecule has 0 aliphatic carbocycles. The molecule has 0 radical (unpaired) electrons. The Labute approximate surface area is 199 Å². The van der Waals surface area contributed by atoms with Gasteiger partial charge in [0.25, 0.3) is 0 Å². The zero-order valence-electron chi connectivity index (χ0n) is 18.6. The van der Waals surface area contributed by atoms with E-state index in [0.29, 0.717) is 17.5 Å². The number of carboxylic acid groups (broad SMARTS) is 1. The van der Waals surface area contributed by atoms with E-state index >= 15 is 0 Å². The lowest BCUT2D eigenvalue weighted by Crippen LogP contribution is -2.21. The number of carboxylic acids is 1. The van der Waals surface area contributed by atoms with Crippen molar-refractivity contribution in [3.63, 3.8) is 0 Å². The van der Waals surface area contributed by atoms with Crippen LogP contribution in [-0.2, 0) is 22.7 Å². The molecule has 0 saturated carbocycles. The van der Waals surface area contributed by atoms with Crippen LogP contribution in [0.15, 0.2) is 83.5 Å². The second-order valence-electron chi connectivity index (χ2n) is 7.66. The summed E-state index contributed by atoms with van der Waals surface area (Å²) in [6.07, 6.45) is -5.77. The van der Waals surface area contributed by atoms with E-state index in [2.05, 4.69) is 13.2 Å². The van der Waals surface area contributed by atoms with E-state index in [1.54, 1.807) is 12.1 Å². The maximum atomic E-state index is 13.4. The van der Waals surface area contributed by atoms with Gasteiger partial charge in [-0.1, -0.05) is 43.5 Å². The average molecular weight is 487 g/mol. The highest BCUT2D eigenvalue weighted by molar-refractivity contribution is 5.87. The van der Waals surface area contributed by atoms with Crippen LogP contribution in [0.2, 0.25) is 0 Å². The summed E-state index contributed by atoms with van der Waals surface area (Å²) in [6, 6.07) is 12.2. The number of ether oxygens (including phenoxy) is 1. The first-order chi connectivity index (χ1) is 16.6. The Morgan fingerprint density at radius 1 is 1.14 bits per heavy atom. The van der Waals surface area contributed by atoms with Crippen molar-refractivity contribution in [2.45, 2.75) is 31.9 Å². The summed E-state index contributed by atoms with van der Waals surface area (Å²) < 4.78 is 51.3. The van der Waals surface area contributed by atoms with Crippen molar-refractivity contribution >= 4 is 16.9 Å². The Kier molecular flexibility index (Phi) is 7.83. The molecule has 0 fully saturated rings. The van der Waals surface area contributed by atoms with Gasteiger partial charge in [-0.2, -0.15) is 13.2 Å². The van der Waals surface area contributed by atoms with Crippen LogP contribution in [0.3, 0.4) is 0 Å². The van der Waals surface area contributed by atoms with Crippen molar-refractivity contribution in [1.29, 1.82) is 0 Å². The van der Waals surface area contributed by atoms with Crippen molar-refractivity contribution in [3.05, 3.63) is 96.0 Å². The summed E-state index contributed by atoms with van der Waals surface area (Å²) in [5.74, 6) is -1.81. The lowest BCUT2D eigenvalue weighted by Gasteiger charge is -2.15. The van der Waals surface area contributed by atoms with Gasteiger partial charge in [-0.3, -0.25) is 4.79 Å². The molecule has 1 aromatic heterocycles. The van der Waals surface area contributed by atoms with E-state index in [9.17, 15) is 23.1 Å². The zero-order chi connectivity index (χ0) is 25.8. The fraction of sp³-hybridized carbons (Fsp3) is 0.192. The van der Waals surface area contributed by atoms with Crippen molar-refractivity contribution in [2.24, 2.45) is 5.73 Å². The van der Waals surface area contributed by atoms with Crippen molar-refractivity contribution in [2.75, 3.05) is 0 Å². The molecule has 0 saturated heterocycles. The molecule has 184 valence electrons. The first-order valence-electron chi connectivity index (χ1n) is 10.5. The van der Waals surface area contributed by atoms with Crippen LogP contribution < -0.4 is 5.73 Å². The molecule has 3 aromatic rings. The van der Waals surface area contributed by atoms with E-state index in [1.807, 2.05) is 24.3 Å². The summed E-state index contributed by atoms with van der Waals surface area (Å²) in [5.41, 5.74) is 8.37. The van der Waals surface area contributed by atoms with E-state index < -0.39 is 37.0 Å². The number of aliphatic carboxylic acids is 1. The number of carbonyl (C=O) groups is 1. The van der Waals surface area contributed by atoms with Crippen LogP contribution in [0, 0.1) is 0 Å². The predicted molar refractivity (Wildman–Crippen MR) is 125 cm³/mol. The minimum atomic E-state index is -4.98. The van der Waals surface area contributed by atoms with E-state index in [1.165, 1.54) is 18.2 Å². The van der Waals surface area contributed by atoms with Gasteiger partial charge >= 0.3 is 12.1 Å². The van der Waals surface area contributed by atoms with Crippen LogP contribution >= 0.6 is 0 Å². The van der Waals surface area contributed by atoms with Gasteiger partial charge < -0.3 is 25.1 Å². The Hall–Kier alpha value is -3.82. The number of benzene rings is 2. The summed E-state index contributed by atoms with van der Waals surface area (Å²) >= 11 is 0. The van der Waals surface area contributed by atoms with Gasteiger partial charge in [0.1, 0.15) is 23.7 Å². The Balaban J connectivity index is 2.13. The zero-order valence-corrected chi connectivity index (χ0v) is 18.6. The molecule has 1 unspecified atom stereocenters. The van der Waals surface area contributed by atoms with Gasteiger partial charge in [0.15, 0.2) is 0 Å². The van der Waals surface area contributed by atoms with Crippen molar-refractivity contribution in [3.8, 4) is 11.1 Å². The molecular formula is C26H24F3NO5. The second-order valence-corrected chi connectivity index (χ2v) is 7.66. The highest BCUT2D eigenvalue weighted by atomic mass is 19.4. The molecule has 1 heterocycles. The minimum Gasteiger partial charge on any atom is -0.488 e. The average Bonchev–Trinajstić information content (AvgIpc) is 3.19. The Morgan fingerprint density at radius 2 is 1.86 bits per heavy atom. The maximum Gasteiger partial charge on any atom is 0.421 e. The van der Waals surface area contributed by atoms with Crippen LogP contribution in [0.25, 0.3) is 22.1 Å². The fourth-order valence-corrected chi connectivity index (χ4v) is 3.60. The van der Waals surface area contributed by atoms with E-state index in [4.69, 9.17) is 20.0 Å². The lowest BCUT2D eigenvalue weighted by molar-refractivity contribution is -0.211. The third-order valence-corrected chi connectivity index (χ3v) is 5.34. The molecule has 1 atom stereocenters. The van der Waals surface area contributed by atoms with Crippen LogP contribution in [0.4, 0.5) is 13.2 Å². The molecule has 4 N–H and O–H groups in total. The number of hydrogen-bond acceptors (Lipinski definition) is 5. The molecule has 6 nitrogen and oxygen atoms in total. The lowest BCUT2D eigenvalue weighted by atomic mass is 10.00. The quantitative estimate of drug-likeness (QED) is 0.248. The van der Waals surface area contributed by atoms with Crippen molar-refractivity contribution in [1.82, 2.24) is 0 Å². The SMILES string of the molecule is C=C/C(CC(=O)O)=C(\C=C)OCc1c(C(O)C(F)(F)F)oc2ccc(-c3cccc(CN)c3)cc12. The molecule has 0 spiro atoms. The van der Waals surface area contributed by atoms with Crippen LogP contribution in [0.5, 0.6) is 0 Å². The van der Waals surface area contributed by atoms with Crippen LogP contribution in [-0.4, -0.2) is 22.4 Å². The molecule has 35 heavy (non-hydrogen) atoms. The fourth-order valence-electron chi connectivity index (χ4n) is 3.60. The first-order valence-corrected chi connectivity index (χ1v) is 10.5. The van der Waals surface area contributed by atoms with Gasteiger partial charge in [0, 0.05) is 23.1 Å². The third kappa shape index (κ3) is 5.82. The van der Waals surface area contributed by atoms with Crippen LogP contribution in [0.1, 0.15) is 29.4 Å². The second kappa shape index (κ2) is 10.6. The maximum absolute atomic E-state index is 13.4. The van der Waals surface area contributed by atoms with Gasteiger partial charge in [0.2, 0.25) is 6.10 Å². The summed E-state index contributed by atoms with van der Waals surface area (Å²) in [4.78, 5) is 11.1. The number of fused-ring (bicyclic) bond motifs is 1. The number of aliphatic hydroxyl groups excluding tert-OH is 1. The molecule has 9 heteroatoms. The number of aliphatic hydroxyl groups is 1. The molecule has 2 aromatic carbocycles. The van der Waals surface area contributed by atoms with Gasteiger partial charge in [0.05, 0.1) is 6.42 Å². The third-order valence-electron chi connectivity index (χ3n) is 5.34. The minimum absolute atomic E-state index is 0.0280. The molecule has 0 amide bonds. The molecule has 3 rings (SSSR count). The van der Waals surface area contributed by atoms with Gasteiger partial charge in [-0.05, 0) is 41.0 Å². The van der Waals surface area contributed by atoms with Gasteiger partial charge in [-0.15, -0.1) is 0 Å². The smallest absolute Gasteiger partial charge is 0.421 e. The number of alkyl halides is 3. The largest absolute Gasteiger partial charge is 0.488 e. The number of halogens is 3. The first kappa shape index (κ1) is 25.8. The molecule has 0 aliphatic rings. The summed E-state index contributed by atoms with van der Waals surface area (Å²) in [7, 11) is 0. The predicted octanol–water partition coefficient (Wildman–Crippen LogP) is 5.77. The Bertz CT molecular complexity index is 1290. The number of rotatable bonds is 10. The molecule has 0 bridgehead atoms. The summed E-state index contributed by atoms with van der Waals surface area (Å²) in [6.45, 7) is 7.01.